The second-order valence-electron chi connectivity index (χ2n) is 6.48. The molecule has 0 spiro atoms. The van der Waals surface area contributed by atoms with Gasteiger partial charge in [0.25, 0.3) is 0 Å². The Bertz CT molecular complexity index is 685. The van der Waals surface area contributed by atoms with Crippen LogP contribution in [0.25, 0.3) is 0 Å². The molecule has 176 valence electrons. The van der Waals surface area contributed by atoms with Gasteiger partial charge in [0.05, 0.1) is 12.6 Å². The zero-order valence-corrected chi connectivity index (χ0v) is 17.8. The highest BCUT2D eigenvalue weighted by atomic mass is 32.1. The van der Waals surface area contributed by atoms with E-state index in [0.717, 1.165) is 0 Å². The Balaban J connectivity index is 4.78. The van der Waals surface area contributed by atoms with Crippen LogP contribution in [0, 0.1) is 0 Å². The lowest BCUT2D eigenvalue weighted by molar-refractivity contribution is -0.142. The summed E-state index contributed by atoms with van der Waals surface area (Å²) < 4.78 is 0. The van der Waals surface area contributed by atoms with Gasteiger partial charge in [-0.2, -0.15) is 12.6 Å². The minimum absolute atomic E-state index is 0.0260. The molecule has 3 atom stereocenters. The quantitative estimate of drug-likeness (QED) is 0.0493. The molecule has 0 aliphatic rings. The highest BCUT2D eigenvalue weighted by molar-refractivity contribution is 7.80. The van der Waals surface area contributed by atoms with Gasteiger partial charge in [-0.1, -0.05) is 0 Å². The first-order chi connectivity index (χ1) is 14.5. The van der Waals surface area contributed by atoms with Crippen molar-refractivity contribution in [2.24, 2.45) is 27.9 Å². The number of thiol groups is 1. The Kier molecular flexibility index (Phi) is 13.4. The van der Waals surface area contributed by atoms with Crippen molar-refractivity contribution in [3.8, 4) is 0 Å². The SMILES string of the molecule is NC(=O)CCC(NC(=O)C(N)CS)C(=O)NCC(=O)NC(CCCN=C(N)N)C(=O)O. The van der Waals surface area contributed by atoms with Crippen LogP contribution in [0.3, 0.4) is 0 Å². The average Bonchev–Trinajstić information content (AvgIpc) is 2.69. The second kappa shape index (κ2) is 14.8. The molecule has 0 radical (unpaired) electrons. The predicted octanol–water partition coefficient (Wildman–Crippen LogP) is -4.27. The van der Waals surface area contributed by atoms with E-state index in [1.54, 1.807) is 0 Å². The number of hydrogen-bond acceptors (Lipinski definition) is 8. The number of nitrogens with zero attached hydrogens (tertiary/aromatic N) is 1. The lowest BCUT2D eigenvalue weighted by Crippen LogP contribution is -2.54. The minimum atomic E-state index is -1.27. The fourth-order valence-corrected chi connectivity index (χ4v) is 2.38. The maximum atomic E-state index is 12.3. The summed E-state index contributed by atoms with van der Waals surface area (Å²) >= 11 is 3.89. The number of carboxylic acids is 1. The standard InChI is InChI=1S/C16H30N8O6S/c17-8(7-31)13(27)24-9(3-4-11(18)25)14(28)22-6-12(26)23-10(15(29)30)2-1-5-21-16(19)20/h8-10,31H,1-7,17H2,(H2,18,25)(H,22,28)(H,23,26)(H,24,27)(H,29,30)(H4,19,20,21). The zero-order valence-electron chi connectivity index (χ0n) is 16.9. The van der Waals surface area contributed by atoms with Crippen LogP contribution in [-0.2, 0) is 24.0 Å². The predicted molar refractivity (Wildman–Crippen MR) is 115 cm³/mol. The first-order valence-corrected chi connectivity index (χ1v) is 9.91. The van der Waals surface area contributed by atoms with Crippen molar-refractivity contribution in [2.75, 3.05) is 18.8 Å². The third-order valence-corrected chi connectivity index (χ3v) is 4.24. The van der Waals surface area contributed by atoms with Crippen molar-refractivity contribution < 1.29 is 29.1 Å². The molecule has 14 nitrogen and oxygen atoms in total. The smallest absolute Gasteiger partial charge is 0.326 e. The van der Waals surface area contributed by atoms with Crippen LogP contribution in [0.2, 0.25) is 0 Å². The summed E-state index contributed by atoms with van der Waals surface area (Å²) in [7, 11) is 0. The molecule has 12 N–H and O–H groups in total. The van der Waals surface area contributed by atoms with Crippen molar-refractivity contribution in [1.82, 2.24) is 16.0 Å². The van der Waals surface area contributed by atoms with Crippen LogP contribution < -0.4 is 38.9 Å². The Hall–Kier alpha value is -3.07. The van der Waals surface area contributed by atoms with Gasteiger partial charge in [0.1, 0.15) is 12.1 Å². The maximum Gasteiger partial charge on any atom is 0.326 e. The van der Waals surface area contributed by atoms with Gasteiger partial charge in [-0.25, -0.2) is 4.79 Å². The number of aliphatic carboxylic acids is 1. The Labute approximate surface area is 184 Å². The number of aliphatic imine (C=N–C) groups is 1. The molecule has 0 aromatic carbocycles. The van der Waals surface area contributed by atoms with Crippen molar-refractivity contribution in [3.05, 3.63) is 0 Å². The number of nitrogens with one attached hydrogen (secondary N) is 3. The number of carbonyl (C=O) groups excluding carboxylic acids is 4. The zero-order chi connectivity index (χ0) is 24.0. The molecule has 0 aliphatic heterocycles. The number of nitrogens with two attached hydrogens (primary N) is 4. The molecular formula is C16H30N8O6S. The molecule has 0 heterocycles. The van der Waals surface area contributed by atoms with Crippen LogP contribution >= 0.6 is 12.6 Å². The molecule has 0 aromatic rings. The third kappa shape index (κ3) is 13.0. The van der Waals surface area contributed by atoms with Crippen molar-refractivity contribution in [2.45, 2.75) is 43.8 Å². The summed E-state index contributed by atoms with van der Waals surface area (Å²) in [5.74, 6) is -4.27. The van der Waals surface area contributed by atoms with Crippen LogP contribution in [0.15, 0.2) is 4.99 Å². The van der Waals surface area contributed by atoms with Crippen LogP contribution in [0.1, 0.15) is 25.7 Å². The van der Waals surface area contributed by atoms with E-state index in [0.29, 0.717) is 6.42 Å². The first kappa shape index (κ1) is 27.9. The molecule has 3 unspecified atom stereocenters. The fourth-order valence-electron chi connectivity index (χ4n) is 2.21. The number of hydrogen-bond donors (Lipinski definition) is 9. The highest BCUT2D eigenvalue weighted by Gasteiger charge is 2.25. The van der Waals surface area contributed by atoms with Gasteiger partial charge in [0, 0.05) is 18.7 Å². The molecule has 0 bridgehead atoms. The number of primary amides is 1. The molecule has 15 heteroatoms. The topological polar surface area (TPSA) is 258 Å². The second-order valence-corrected chi connectivity index (χ2v) is 6.85. The van der Waals surface area contributed by atoms with E-state index < -0.39 is 54.3 Å². The van der Waals surface area contributed by atoms with E-state index in [-0.39, 0.29) is 37.5 Å². The van der Waals surface area contributed by atoms with Crippen LogP contribution in [-0.4, -0.2) is 77.6 Å². The third-order valence-electron chi connectivity index (χ3n) is 3.85. The highest BCUT2D eigenvalue weighted by Crippen LogP contribution is 2.00. The van der Waals surface area contributed by atoms with Gasteiger partial charge in [0.15, 0.2) is 5.96 Å². The largest absolute Gasteiger partial charge is 0.480 e. The van der Waals surface area contributed by atoms with E-state index in [9.17, 15) is 29.1 Å². The van der Waals surface area contributed by atoms with Crippen LogP contribution in [0.4, 0.5) is 0 Å². The van der Waals surface area contributed by atoms with Crippen molar-refractivity contribution >= 4 is 48.2 Å². The molecular weight excluding hydrogens is 432 g/mol. The lowest BCUT2D eigenvalue weighted by atomic mass is 10.1. The monoisotopic (exact) mass is 462 g/mol. The number of carbonyl (C=O) groups is 5. The van der Waals surface area contributed by atoms with Crippen molar-refractivity contribution in [1.29, 1.82) is 0 Å². The summed E-state index contributed by atoms with van der Waals surface area (Å²) in [5, 5.41) is 16.1. The van der Waals surface area contributed by atoms with E-state index in [4.69, 9.17) is 22.9 Å². The normalized spacial score (nSPS) is 13.2. The van der Waals surface area contributed by atoms with Crippen LogP contribution in [0.5, 0.6) is 0 Å². The number of rotatable bonds is 15. The van der Waals surface area contributed by atoms with Crippen molar-refractivity contribution in [3.63, 3.8) is 0 Å². The van der Waals surface area contributed by atoms with Gasteiger partial charge < -0.3 is 44.0 Å². The van der Waals surface area contributed by atoms with E-state index in [2.05, 4.69) is 33.6 Å². The number of carboxylic acid groups (broad SMARTS) is 1. The van der Waals surface area contributed by atoms with E-state index in [1.807, 2.05) is 0 Å². The molecule has 0 fully saturated rings. The Morgan fingerprint density at radius 3 is 2.13 bits per heavy atom. The summed E-state index contributed by atoms with van der Waals surface area (Å²) in [6.07, 6.45) is 0.0484. The summed E-state index contributed by atoms with van der Waals surface area (Å²) in [4.78, 5) is 62.2. The number of guanidine groups is 1. The molecule has 31 heavy (non-hydrogen) atoms. The molecule has 0 aromatic heterocycles. The van der Waals surface area contributed by atoms with Gasteiger partial charge >= 0.3 is 5.97 Å². The summed E-state index contributed by atoms with van der Waals surface area (Å²) in [5.41, 5.74) is 21.0. The molecule has 4 amide bonds. The molecule has 0 rings (SSSR count). The fraction of sp³-hybridized carbons (Fsp3) is 0.625. The lowest BCUT2D eigenvalue weighted by Gasteiger charge is -2.20. The Morgan fingerprint density at radius 2 is 1.61 bits per heavy atom. The summed E-state index contributed by atoms with van der Waals surface area (Å²) in [6, 6.07) is -3.36. The van der Waals surface area contributed by atoms with Gasteiger partial charge in [-0.3, -0.25) is 24.2 Å². The van der Waals surface area contributed by atoms with E-state index in [1.165, 1.54) is 0 Å². The minimum Gasteiger partial charge on any atom is -0.480 e. The molecule has 0 aliphatic carbocycles. The van der Waals surface area contributed by atoms with E-state index >= 15 is 0 Å². The molecule has 0 saturated carbocycles. The first-order valence-electron chi connectivity index (χ1n) is 9.28. The maximum absolute atomic E-state index is 12.3. The van der Waals surface area contributed by atoms with Gasteiger partial charge in [-0.05, 0) is 19.3 Å². The average molecular weight is 463 g/mol. The Morgan fingerprint density at radius 1 is 0.968 bits per heavy atom. The number of amides is 4. The van der Waals surface area contributed by atoms with Gasteiger partial charge in [0.2, 0.25) is 23.6 Å². The molecule has 0 saturated heterocycles. The van der Waals surface area contributed by atoms with Gasteiger partial charge in [-0.15, -0.1) is 0 Å². The summed E-state index contributed by atoms with van der Waals surface area (Å²) in [6.45, 7) is -0.369.